The van der Waals surface area contributed by atoms with E-state index in [-0.39, 0.29) is 35.4 Å². The fourth-order valence-corrected chi connectivity index (χ4v) is 9.95. The van der Waals surface area contributed by atoms with Gasteiger partial charge in [0.25, 0.3) is 8.32 Å². The van der Waals surface area contributed by atoms with Gasteiger partial charge >= 0.3 is 5.97 Å². The molecule has 0 bridgehead atoms. The van der Waals surface area contributed by atoms with Crippen molar-refractivity contribution in [3.8, 4) is 0 Å². The third-order valence-electron chi connectivity index (χ3n) is 7.12. The predicted octanol–water partition coefficient (Wildman–Crippen LogP) is 5.12. The van der Waals surface area contributed by atoms with Crippen LogP contribution in [0.1, 0.15) is 67.7 Å². The number of rotatable bonds is 11. The number of allylic oxidation sites excluding steroid dienone is 1. The Hall–Kier alpha value is -2.29. The van der Waals surface area contributed by atoms with Gasteiger partial charge in [-0.2, -0.15) is 0 Å². The number of carbonyl (C=O) groups is 1. The molecule has 0 amide bonds. The molecular weight excluding hydrogens is 508 g/mol. The average molecular weight is 555 g/mol. The van der Waals surface area contributed by atoms with E-state index in [2.05, 4.69) is 69.3 Å². The molecule has 7 heteroatoms. The minimum absolute atomic E-state index is 0.138. The number of aliphatic hydroxyl groups excluding tert-OH is 1. The van der Waals surface area contributed by atoms with E-state index >= 15 is 0 Å². The first kappa shape index (κ1) is 31.2. The Balaban J connectivity index is 1.71. The number of benzene rings is 2. The van der Waals surface area contributed by atoms with Gasteiger partial charge < -0.3 is 23.7 Å². The van der Waals surface area contributed by atoms with Gasteiger partial charge in [-0.05, 0) is 55.9 Å². The topological polar surface area (TPSA) is 74.2 Å². The van der Waals surface area contributed by atoms with E-state index in [0.717, 1.165) is 0 Å². The molecule has 0 aliphatic carbocycles. The summed E-state index contributed by atoms with van der Waals surface area (Å²) in [7, 11) is -2.78. The SMILES string of the molecule is CC(C)OC(=O)C=CCCC(C)O[C@@H]1O[C@@H](C)[C@H](O[Si](c2ccccc2)(c2ccccc2)C(C)(C)C)C[C@H]1O. The third-order valence-corrected chi connectivity index (χ3v) is 12.2. The molecular formula is C32H46O6Si. The molecule has 1 N–H and O–H groups in total. The van der Waals surface area contributed by atoms with E-state index in [0.29, 0.717) is 19.3 Å². The molecule has 1 aliphatic rings. The van der Waals surface area contributed by atoms with Gasteiger partial charge in [-0.3, -0.25) is 0 Å². The summed E-state index contributed by atoms with van der Waals surface area (Å²) in [6.07, 6.45) is 2.61. The highest BCUT2D eigenvalue weighted by atomic mass is 28.4. The van der Waals surface area contributed by atoms with Crippen LogP contribution < -0.4 is 10.4 Å². The van der Waals surface area contributed by atoms with E-state index in [4.69, 9.17) is 18.6 Å². The zero-order valence-electron chi connectivity index (χ0n) is 24.5. The summed E-state index contributed by atoms with van der Waals surface area (Å²) in [6, 6.07) is 21.0. The van der Waals surface area contributed by atoms with Crippen molar-refractivity contribution in [1.82, 2.24) is 0 Å². The molecule has 3 rings (SSSR count). The van der Waals surface area contributed by atoms with Crippen LogP contribution in [0.25, 0.3) is 0 Å². The summed E-state index contributed by atoms with van der Waals surface area (Å²) in [6.45, 7) is 14.3. The smallest absolute Gasteiger partial charge is 0.330 e. The Morgan fingerprint density at radius 1 is 1.05 bits per heavy atom. The Morgan fingerprint density at radius 2 is 1.62 bits per heavy atom. The van der Waals surface area contributed by atoms with Gasteiger partial charge in [0.05, 0.1) is 24.4 Å². The molecule has 0 saturated carbocycles. The van der Waals surface area contributed by atoms with Crippen molar-refractivity contribution < 1.29 is 28.5 Å². The van der Waals surface area contributed by atoms with Crippen LogP contribution in [0, 0.1) is 0 Å². The number of hydrogen-bond acceptors (Lipinski definition) is 6. The normalized spacial score (nSPS) is 23.2. The zero-order valence-corrected chi connectivity index (χ0v) is 25.5. The molecule has 39 heavy (non-hydrogen) atoms. The van der Waals surface area contributed by atoms with Gasteiger partial charge in [-0.1, -0.05) is 87.5 Å². The molecule has 5 atom stereocenters. The molecule has 1 heterocycles. The molecule has 1 aliphatic heterocycles. The lowest BCUT2D eigenvalue weighted by molar-refractivity contribution is -0.271. The van der Waals surface area contributed by atoms with Gasteiger partial charge in [0.2, 0.25) is 0 Å². The maximum Gasteiger partial charge on any atom is 0.330 e. The first-order chi connectivity index (χ1) is 18.4. The van der Waals surface area contributed by atoms with Crippen LogP contribution in [-0.2, 0) is 23.4 Å². The molecule has 1 fully saturated rings. The molecule has 214 valence electrons. The maximum absolute atomic E-state index is 11.7. The minimum Gasteiger partial charge on any atom is -0.460 e. The molecule has 2 aromatic rings. The predicted molar refractivity (Wildman–Crippen MR) is 158 cm³/mol. The number of ether oxygens (including phenoxy) is 3. The first-order valence-electron chi connectivity index (χ1n) is 14.1. The van der Waals surface area contributed by atoms with Crippen molar-refractivity contribution in [3.63, 3.8) is 0 Å². The highest BCUT2D eigenvalue weighted by Crippen LogP contribution is 2.39. The van der Waals surface area contributed by atoms with Crippen LogP contribution >= 0.6 is 0 Å². The molecule has 0 radical (unpaired) electrons. The standard InChI is InChI=1S/C32H46O6Si/c1-23(2)35-30(34)21-15-14-16-24(3)36-31-28(33)22-29(25(4)37-31)38-39(32(5,6)7,26-17-10-8-11-18-26)27-19-12-9-13-20-27/h8-13,15,17-21,23-25,28-29,31,33H,14,16,22H2,1-7H3/t24?,25-,28+,29+,31+/m0/s1. The fourth-order valence-electron chi connectivity index (χ4n) is 5.19. The van der Waals surface area contributed by atoms with E-state index in [1.165, 1.54) is 16.4 Å². The first-order valence-corrected chi connectivity index (χ1v) is 16.0. The highest BCUT2D eigenvalue weighted by Gasteiger charge is 2.53. The second-order valence-electron chi connectivity index (χ2n) is 11.7. The summed E-state index contributed by atoms with van der Waals surface area (Å²) < 4.78 is 24.7. The van der Waals surface area contributed by atoms with Crippen LogP contribution in [0.5, 0.6) is 0 Å². The van der Waals surface area contributed by atoms with Gasteiger partial charge in [0.15, 0.2) is 6.29 Å². The van der Waals surface area contributed by atoms with E-state index in [9.17, 15) is 9.90 Å². The molecule has 2 aromatic carbocycles. The van der Waals surface area contributed by atoms with Crippen LogP contribution in [0.4, 0.5) is 0 Å². The van der Waals surface area contributed by atoms with Crippen LogP contribution in [-0.4, -0.2) is 56.2 Å². The second kappa shape index (κ2) is 13.9. The monoisotopic (exact) mass is 554 g/mol. The third kappa shape index (κ3) is 8.11. The number of hydrogen-bond donors (Lipinski definition) is 1. The van der Waals surface area contributed by atoms with Crippen LogP contribution in [0.15, 0.2) is 72.8 Å². The molecule has 6 nitrogen and oxygen atoms in total. The van der Waals surface area contributed by atoms with Crippen LogP contribution in [0.3, 0.4) is 0 Å². The lowest BCUT2D eigenvalue weighted by atomic mass is 10.0. The summed E-state index contributed by atoms with van der Waals surface area (Å²) in [5, 5.41) is 13.3. The zero-order chi connectivity index (χ0) is 28.6. The lowest BCUT2D eigenvalue weighted by Crippen LogP contribution is -2.69. The number of esters is 1. The van der Waals surface area contributed by atoms with Crippen molar-refractivity contribution in [2.75, 3.05) is 0 Å². The average Bonchev–Trinajstić information content (AvgIpc) is 2.87. The van der Waals surface area contributed by atoms with Crippen molar-refractivity contribution >= 4 is 24.7 Å². The van der Waals surface area contributed by atoms with Crippen molar-refractivity contribution in [2.45, 2.75) is 110 Å². The van der Waals surface area contributed by atoms with Gasteiger partial charge in [-0.15, -0.1) is 0 Å². The Bertz CT molecular complexity index is 1010. The summed E-state index contributed by atoms with van der Waals surface area (Å²) >= 11 is 0. The Morgan fingerprint density at radius 3 is 2.13 bits per heavy atom. The Labute approximate surface area is 235 Å². The van der Waals surface area contributed by atoms with Crippen LogP contribution in [0.2, 0.25) is 5.04 Å². The van der Waals surface area contributed by atoms with E-state index in [1.807, 2.05) is 39.8 Å². The summed E-state index contributed by atoms with van der Waals surface area (Å²) in [5.74, 6) is -0.342. The highest BCUT2D eigenvalue weighted by molar-refractivity contribution is 6.99. The molecule has 0 spiro atoms. The van der Waals surface area contributed by atoms with E-state index < -0.39 is 20.7 Å². The number of aliphatic hydroxyl groups is 1. The van der Waals surface area contributed by atoms with Crippen molar-refractivity contribution in [3.05, 3.63) is 72.8 Å². The van der Waals surface area contributed by atoms with Crippen molar-refractivity contribution in [2.24, 2.45) is 0 Å². The second-order valence-corrected chi connectivity index (χ2v) is 16.0. The summed E-state index contributed by atoms with van der Waals surface area (Å²) in [4.78, 5) is 11.7. The Kier molecular flexibility index (Phi) is 11.1. The molecule has 1 saturated heterocycles. The van der Waals surface area contributed by atoms with Gasteiger partial charge in [0.1, 0.15) is 6.10 Å². The number of carbonyl (C=O) groups excluding carboxylic acids is 1. The molecule has 1 unspecified atom stereocenters. The largest absolute Gasteiger partial charge is 0.460 e. The molecule has 0 aromatic heterocycles. The maximum atomic E-state index is 11.7. The van der Waals surface area contributed by atoms with Crippen molar-refractivity contribution in [1.29, 1.82) is 0 Å². The quantitative estimate of drug-likeness (QED) is 0.236. The fraction of sp³-hybridized carbons (Fsp3) is 0.531. The van der Waals surface area contributed by atoms with Gasteiger partial charge in [-0.25, -0.2) is 4.79 Å². The lowest BCUT2D eigenvalue weighted by Gasteiger charge is -2.48. The van der Waals surface area contributed by atoms with E-state index in [1.54, 1.807) is 6.08 Å². The van der Waals surface area contributed by atoms with Gasteiger partial charge in [0, 0.05) is 12.5 Å². The summed E-state index contributed by atoms with van der Waals surface area (Å²) in [5.41, 5.74) is 0. The minimum atomic E-state index is -2.78.